The minimum Gasteiger partial charge on any atom is -0.469 e. The molecule has 0 aliphatic rings. The first-order chi connectivity index (χ1) is 15.3. The monoisotopic (exact) mass is 470 g/mol. The van der Waals surface area contributed by atoms with Gasteiger partial charge in [-0.2, -0.15) is 0 Å². The Morgan fingerprint density at radius 3 is 1.67 bits per heavy atom. The highest BCUT2D eigenvalue weighted by Gasteiger charge is 2.52. The van der Waals surface area contributed by atoms with Gasteiger partial charge in [0, 0.05) is 0 Å². The van der Waals surface area contributed by atoms with Gasteiger partial charge >= 0.3 is 11.9 Å². The van der Waals surface area contributed by atoms with Crippen LogP contribution in [0.5, 0.6) is 0 Å². The van der Waals surface area contributed by atoms with Crippen LogP contribution in [0.3, 0.4) is 0 Å². The highest BCUT2D eigenvalue weighted by atomic mass is 28.4. The van der Waals surface area contributed by atoms with Gasteiger partial charge in [-0.25, -0.2) is 0 Å². The Morgan fingerprint density at radius 1 is 0.848 bits per heavy atom. The van der Waals surface area contributed by atoms with Gasteiger partial charge in [0.15, 0.2) is 0 Å². The number of hydrogen-bond donors (Lipinski definition) is 0. The van der Waals surface area contributed by atoms with Crippen molar-refractivity contribution >= 4 is 30.6 Å². The average Bonchev–Trinajstić information content (AvgIpc) is 2.74. The maximum absolute atomic E-state index is 12.8. The maximum atomic E-state index is 12.8. The molecule has 0 aliphatic heterocycles. The fraction of sp³-hybridized carbons (Fsp3) is 0.481. The number of esters is 2. The molecule has 0 aliphatic carbocycles. The zero-order valence-electron chi connectivity index (χ0n) is 21.2. The normalized spacial score (nSPS) is 14.3. The second-order valence-corrected chi connectivity index (χ2v) is 14.7. The zero-order chi connectivity index (χ0) is 24.9. The summed E-state index contributed by atoms with van der Waals surface area (Å²) in [6.45, 7) is 13.8. The lowest BCUT2D eigenvalue weighted by molar-refractivity contribution is -0.163. The van der Waals surface area contributed by atoms with E-state index in [1.54, 1.807) is 20.8 Å². The summed E-state index contributed by atoms with van der Waals surface area (Å²) in [6.07, 6.45) is -0.681. The summed E-state index contributed by atoms with van der Waals surface area (Å²) in [7, 11) is -1.56. The van der Waals surface area contributed by atoms with E-state index in [9.17, 15) is 9.59 Å². The third kappa shape index (κ3) is 6.55. The van der Waals surface area contributed by atoms with Crippen molar-refractivity contribution in [1.82, 2.24) is 0 Å². The topological polar surface area (TPSA) is 61.8 Å². The highest BCUT2D eigenvalue weighted by Crippen LogP contribution is 2.38. The Kier molecular flexibility index (Phi) is 8.66. The molecule has 0 saturated heterocycles. The molecule has 2 aromatic carbocycles. The van der Waals surface area contributed by atoms with E-state index in [1.165, 1.54) is 7.11 Å². The fourth-order valence-electron chi connectivity index (χ4n) is 4.21. The molecule has 33 heavy (non-hydrogen) atoms. The Balaban J connectivity index is 2.55. The minimum absolute atomic E-state index is 0.108. The molecule has 0 N–H and O–H groups in total. The van der Waals surface area contributed by atoms with Gasteiger partial charge < -0.3 is 13.9 Å². The number of methoxy groups -OCH3 is 1. The summed E-state index contributed by atoms with van der Waals surface area (Å²) in [5.74, 6) is -1.71. The fourth-order valence-corrected chi connectivity index (χ4v) is 8.94. The van der Waals surface area contributed by atoms with E-state index in [4.69, 9.17) is 13.9 Å². The molecule has 2 aromatic rings. The first kappa shape index (κ1) is 26.8. The predicted octanol–water partition coefficient (Wildman–Crippen LogP) is 4.47. The van der Waals surface area contributed by atoms with Crippen molar-refractivity contribution in [2.45, 2.75) is 71.6 Å². The van der Waals surface area contributed by atoms with Crippen molar-refractivity contribution in [2.75, 3.05) is 7.11 Å². The smallest absolute Gasteiger partial charge is 0.311 e. The third-order valence-electron chi connectivity index (χ3n) is 5.66. The Morgan fingerprint density at radius 2 is 1.30 bits per heavy atom. The van der Waals surface area contributed by atoms with E-state index in [-0.39, 0.29) is 11.5 Å². The molecular formula is C27H38O5Si. The second kappa shape index (κ2) is 10.7. The first-order valence-electron chi connectivity index (χ1n) is 11.4. The van der Waals surface area contributed by atoms with Gasteiger partial charge in [-0.1, -0.05) is 81.4 Å². The van der Waals surface area contributed by atoms with Gasteiger partial charge in [0.25, 0.3) is 8.32 Å². The molecule has 0 unspecified atom stereocenters. The van der Waals surface area contributed by atoms with E-state index >= 15 is 0 Å². The molecule has 0 saturated carbocycles. The van der Waals surface area contributed by atoms with Crippen LogP contribution in [0.15, 0.2) is 60.7 Å². The molecule has 0 aromatic heterocycles. The molecule has 0 heterocycles. The van der Waals surface area contributed by atoms with Gasteiger partial charge in [0.1, 0.15) is 5.60 Å². The number of carbonyl (C=O) groups excluding carboxylic acids is 2. The van der Waals surface area contributed by atoms with Gasteiger partial charge in [-0.15, -0.1) is 0 Å². The van der Waals surface area contributed by atoms with Crippen LogP contribution in [0.4, 0.5) is 0 Å². The molecule has 0 spiro atoms. The standard InChI is InChI=1S/C27H38O5Si/c1-20(23(25(29)30-8)19-24(28)31-26(2,3)4)32-33(27(5,6)7,21-15-11-9-12-16-21)22-17-13-10-14-18-22/h9-18,20,23H,19H2,1-8H3/t20-,23+/m1/s1. The van der Waals surface area contributed by atoms with Crippen molar-refractivity contribution < 1.29 is 23.5 Å². The quantitative estimate of drug-likeness (QED) is 0.421. The molecule has 2 rings (SSSR count). The third-order valence-corrected chi connectivity index (χ3v) is 10.8. The largest absolute Gasteiger partial charge is 0.469 e. The minimum atomic E-state index is -2.89. The van der Waals surface area contributed by atoms with E-state index < -0.39 is 37.9 Å². The number of rotatable bonds is 8. The first-order valence-corrected chi connectivity index (χ1v) is 13.3. The van der Waals surface area contributed by atoms with Gasteiger partial charge in [0.05, 0.1) is 25.6 Å². The van der Waals surface area contributed by atoms with Crippen LogP contribution in [-0.4, -0.2) is 39.1 Å². The number of hydrogen-bond acceptors (Lipinski definition) is 5. The molecule has 0 amide bonds. The zero-order valence-corrected chi connectivity index (χ0v) is 22.2. The highest BCUT2D eigenvalue weighted by molar-refractivity contribution is 6.99. The molecule has 180 valence electrons. The maximum Gasteiger partial charge on any atom is 0.311 e. The lowest BCUT2D eigenvalue weighted by Crippen LogP contribution is -2.68. The molecule has 6 heteroatoms. The second-order valence-electron chi connectivity index (χ2n) is 10.4. The van der Waals surface area contributed by atoms with E-state index in [0.717, 1.165) is 10.4 Å². The number of ether oxygens (including phenoxy) is 2. The SMILES string of the molecule is COC(=O)[C@@H](CC(=O)OC(C)(C)C)[C@@H](C)O[Si](c1ccccc1)(c1ccccc1)C(C)(C)C. The van der Waals surface area contributed by atoms with E-state index in [0.29, 0.717) is 0 Å². The van der Waals surface area contributed by atoms with Crippen molar-refractivity contribution in [2.24, 2.45) is 5.92 Å². The Labute approximate surface area is 199 Å². The molecule has 0 fully saturated rings. The summed E-state index contributed by atoms with van der Waals surface area (Å²) in [4.78, 5) is 25.4. The molecule has 2 atom stereocenters. The van der Waals surface area contributed by atoms with Crippen molar-refractivity contribution in [3.8, 4) is 0 Å². The van der Waals surface area contributed by atoms with Crippen molar-refractivity contribution in [1.29, 1.82) is 0 Å². The van der Waals surface area contributed by atoms with Crippen LogP contribution in [0, 0.1) is 5.92 Å². The van der Waals surface area contributed by atoms with Crippen molar-refractivity contribution in [3.05, 3.63) is 60.7 Å². The predicted molar refractivity (Wildman–Crippen MR) is 134 cm³/mol. The molecule has 0 bridgehead atoms. The van der Waals surface area contributed by atoms with Gasteiger partial charge in [-0.05, 0) is 43.1 Å². The Bertz CT molecular complexity index is 874. The lowest BCUT2D eigenvalue weighted by Gasteiger charge is -2.45. The number of carbonyl (C=O) groups is 2. The van der Waals surface area contributed by atoms with Crippen LogP contribution in [-0.2, 0) is 23.5 Å². The summed E-state index contributed by atoms with van der Waals surface area (Å²) < 4.78 is 17.6. The molecule has 0 radical (unpaired) electrons. The van der Waals surface area contributed by atoms with Crippen LogP contribution >= 0.6 is 0 Å². The van der Waals surface area contributed by atoms with Crippen LogP contribution in [0.25, 0.3) is 0 Å². The summed E-state index contributed by atoms with van der Waals surface area (Å²) >= 11 is 0. The Hall–Kier alpha value is -2.44. The average molecular weight is 471 g/mol. The van der Waals surface area contributed by atoms with E-state index in [2.05, 4.69) is 45.0 Å². The van der Waals surface area contributed by atoms with Gasteiger partial charge in [-0.3, -0.25) is 9.59 Å². The molecule has 5 nitrogen and oxygen atoms in total. The summed E-state index contributed by atoms with van der Waals surface area (Å²) in [5.41, 5.74) is -0.639. The van der Waals surface area contributed by atoms with E-state index in [1.807, 2.05) is 43.3 Å². The number of benzene rings is 2. The van der Waals surface area contributed by atoms with Crippen LogP contribution in [0.2, 0.25) is 5.04 Å². The summed E-state index contributed by atoms with van der Waals surface area (Å²) in [5, 5.41) is 1.96. The lowest BCUT2D eigenvalue weighted by atomic mass is 10.00. The molecular weight excluding hydrogens is 432 g/mol. The van der Waals surface area contributed by atoms with Crippen LogP contribution in [0.1, 0.15) is 54.9 Å². The van der Waals surface area contributed by atoms with Crippen molar-refractivity contribution in [3.63, 3.8) is 0 Å². The van der Waals surface area contributed by atoms with Gasteiger partial charge in [0.2, 0.25) is 0 Å². The summed E-state index contributed by atoms with van der Waals surface area (Å²) in [6, 6.07) is 20.4. The van der Waals surface area contributed by atoms with Crippen LogP contribution < -0.4 is 10.4 Å².